The van der Waals surface area contributed by atoms with Gasteiger partial charge in [0.25, 0.3) is 6.17 Å². The minimum absolute atomic E-state index is 0.0226. The number of benzene rings is 2. The Morgan fingerprint density at radius 1 is 1.41 bits per heavy atom. The Balaban J connectivity index is 1.95. The van der Waals surface area contributed by atoms with Gasteiger partial charge in [-0.2, -0.15) is 0 Å². The second-order valence-corrected chi connectivity index (χ2v) is 7.83. The SMILES string of the molecule is C=CCSc1n[n+]2c(c(=O)[nH]1)-c1ccccc1N[C@H]2c1cc(OCC)c(O)c([N+](=O)[O-])c1. The van der Waals surface area contributed by atoms with Crippen molar-refractivity contribution in [2.75, 3.05) is 17.7 Å². The van der Waals surface area contributed by atoms with Crippen LogP contribution in [0.3, 0.4) is 0 Å². The van der Waals surface area contributed by atoms with Gasteiger partial charge in [0.2, 0.25) is 10.9 Å². The van der Waals surface area contributed by atoms with E-state index in [4.69, 9.17) is 4.74 Å². The molecule has 3 N–H and O–H groups in total. The fourth-order valence-corrected chi connectivity index (χ4v) is 4.08. The molecule has 0 fully saturated rings. The molecule has 1 aromatic heterocycles. The molecule has 1 atom stereocenters. The zero-order valence-corrected chi connectivity index (χ0v) is 17.9. The van der Waals surface area contributed by atoms with Crippen LogP contribution in [0.4, 0.5) is 11.4 Å². The summed E-state index contributed by atoms with van der Waals surface area (Å²) in [7, 11) is 0. The third-order valence-electron chi connectivity index (χ3n) is 4.81. The maximum atomic E-state index is 13.0. The number of fused-ring (bicyclic) bond motifs is 3. The number of para-hydroxylation sites is 1. The van der Waals surface area contributed by atoms with Crippen molar-refractivity contribution in [2.45, 2.75) is 18.2 Å². The molecular weight excluding hydrogens is 434 g/mol. The molecule has 0 amide bonds. The molecule has 4 rings (SSSR count). The molecular formula is C21H20N5O5S+. The predicted octanol–water partition coefficient (Wildman–Crippen LogP) is 2.99. The van der Waals surface area contributed by atoms with E-state index < -0.39 is 22.5 Å². The summed E-state index contributed by atoms with van der Waals surface area (Å²) in [6.07, 6.45) is 0.932. The summed E-state index contributed by atoms with van der Waals surface area (Å²) in [5, 5.41) is 30.1. The smallest absolute Gasteiger partial charge is 0.325 e. The van der Waals surface area contributed by atoms with Crippen molar-refractivity contribution in [3.05, 3.63) is 75.1 Å². The van der Waals surface area contributed by atoms with Crippen molar-refractivity contribution in [1.29, 1.82) is 0 Å². The van der Waals surface area contributed by atoms with Crippen LogP contribution >= 0.6 is 11.8 Å². The van der Waals surface area contributed by atoms with Gasteiger partial charge in [-0.15, -0.1) is 6.58 Å². The third kappa shape index (κ3) is 3.78. The molecule has 2 heterocycles. The summed E-state index contributed by atoms with van der Waals surface area (Å²) in [5.41, 5.74) is 1.18. The summed E-state index contributed by atoms with van der Waals surface area (Å²) in [6.45, 7) is 5.60. The first kappa shape index (κ1) is 21.4. The van der Waals surface area contributed by atoms with E-state index in [0.717, 1.165) is 0 Å². The van der Waals surface area contributed by atoms with Gasteiger partial charge in [-0.3, -0.25) is 19.9 Å². The van der Waals surface area contributed by atoms with E-state index in [9.17, 15) is 20.0 Å². The molecule has 2 aromatic carbocycles. The lowest BCUT2D eigenvalue weighted by molar-refractivity contribution is -0.759. The normalized spacial score (nSPS) is 14.1. The lowest BCUT2D eigenvalue weighted by Gasteiger charge is -2.22. The first-order chi connectivity index (χ1) is 15.4. The van der Waals surface area contributed by atoms with E-state index in [1.54, 1.807) is 19.1 Å². The summed E-state index contributed by atoms with van der Waals surface area (Å²) < 4.78 is 6.92. The fourth-order valence-electron chi connectivity index (χ4n) is 3.49. The van der Waals surface area contributed by atoms with Crippen LogP contribution in [-0.4, -0.2) is 32.5 Å². The van der Waals surface area contributed by atoms with Gasteiger partial charge >= 0.3 is 16.9 Å². The Hall–Kier alpha value is -3.86. The second-order valence-electron chi connectivity index (χ2n) is 6.82. The number of H-pyrrole nitrogens is 1. The van der Waals surface area contributed by atoms with Crippen LogP contribution in [0.5, 0.6) is 11.5 Å². The van der Waals surface area contributed by atoms with Gasteiger partial charge in [0.15, 0.2) is 5.75 Å². The number of hydrogen-bond acceptors (Lipinski definition) is 8. The minimum atomic E-state index is -0.760. The highest BCUT2D eigenvalue weighted by atomic mass is 32.2. The molecule has 10 nitrogen and oxygen atoms in total. The van der Waals surface area contributed by atoms with Gasteiger partial charge in [0.1, 0.15) is 0 Å². The van der Waals surface area contributed by atoms with Gasteiger partial charge in [-0.05, 0) is 29.8 Å². The Kier molecular flexibility index (Phi) is 5.82. The van der Waals surface area contributed by atoms with Gasteiger partial charge < -0.3 is 15.2 Å². The fraction of sp³-hybridized carbons (Fsp3) is 0.190. The first-order valence-electron chi connectivity index (χ1n) is 9.74. The van der Waals surface area contributed by atoms with Gasteiger partial charge in [-0.25, -0.2) is 0 Å². The van der Waals surface area contributed by atoms with Crippen LogP contribution in [0.2, 0.25) is 0 Å². The van der Waals surface area contributed by atoms with Crippen LogP contribution in [0.25, 0.3) is 11.3 Å². The maximum absolute atomic E-state index is 13.0. The van der Waals surface area contributed by atoms with Crippen LogP contribution in [0, 0.1) is 10.1 Å². The Morgan fingerprint density at radius 2 is 2.19 bits per heavy atom. The molecule has 0 saturated heterocycles. The quantitative estimate of drug-likeness (QED) is 0.163. The van der Waals surface area contributed by atoms with Crippen molar-refractivity contribution in [1.82, 2.24) is 10.1 Å². The zero-order chi connectivity index (χ0) is 22.8. The minimum Gasteiger partial charge on any atom is -0.500 e. The Labute approximate surface area is 186 Å². The Morgan fingerprint density at radius 3 is 2.91 bits per heavy atom. The van der Waals surface area contributed by atoms with Gasteiger partial charge in [0, 0.05) is 16.9 Å². The molecule has 0 aliphatic carbocycles. The standard InChI is InChI=1S/C21H19N5O5S/c1-3-9-32-21-23-20(28)17-13-7-5-6-8-14(13)22-19(25(17)24-21)12-10-15(26(29)30)18(27)16(11-12)31-4-2/h3,5-8,10-11,19H,1,4,9H2,2H3,(H2,23,24,27,28)/p+1/t19-/m1/s1. The number of aromatic hydroxyl groups is 1. The van der Waals surface area contributed by atoms with Gasteiger partial charge in [0.05, 0.1) is 28.3 Å². The number of nitro benzene ring substituents is 1. The maximum Gasteiger partial charge on any atom is 0.325 e. The van der Waals surface area contributed by atoms with E-state index in [1.165, 1.54) is 28.6 Å². The second kappa shape index (κ2) is 8.71. The summed E-state index contributed by atoms with van der Waals surface area (Å²) in [6, 6.07) is 9.99. The monoisotopic (exact) mass is 454 g/mol. The largest absolute Gasteiger partial charge is 0.500 e. The highest BCUT2D eigenvalue weighted by Crippen LogP contribution is 2.40. The number of anilines is 1. The number of aromatic nitrogens is 3. The lowest BCUT2D eigenvalue weighted by atomic mass is 10.0. The molecule has 0 spiro atoms. The molecule has 0 unspecified atom stereocenters. The van der Waals surface area contributed by atoms with Crippen molar-refractivity contribution in [2.24, 2.45) is 0 Å². The number of thioether (sulfide) groups is 1. The summed E-state index contributed by atoms with van der Waals surface area (Å²) in [5.74, 6) is -0.0374. The highest BCUT2D eigenvalue weighted by Gasteiger charge is 2.39. The lowest BCUT2D eigenvalue weighted by Crippen LogP contribution is -2.55. The topological polar surface area (TPSA) is 134 Å². The van der Waals surface area contributed by atoms with E-state index >= 15 is 0 Å². The van der Waals surface area contributed by atoms with Crippen LogP contribution in [0.15, 0.2) is 59.0 Å². The highest BCUT2D eigenvalue weighted by molar-refractivity contribution is 7.99. The molecule has 0 radical (unpaired) electrons. The van der Waals surface area contributed by atoms with E-state index in [2.05, 4.69) is 22.0 Å². The summed E-state index contributed by atoms with van der Waals surface area (Å²) in [4.78, 5) is 26.7. The number of nitrogens with one attached hydrogen (secondary N) is 2. The molecule has 3 aromatic rings. The molecule has 164 valence electrons. The number of rotatable bonds is 7. The van der Waals surface area contributed by atoms with Crippen LogP contribution < -0.4 is 20.3 Å². The average molecular weight is 454 g/mol. The van der Waals surface area contributed by atoms with E-state index in [1.807, 2.05) is 18.2 Å². The van der Waals surface area contributed by atoms with Crippen molar-refractivity contribution in [3.8, 4) is 22.8 Å². The van der Waals surface area contributed by atoms with E-state index in [0.29, 0.717) is 33.4 Å². The molecule has 0 bridgehead atoms. The molecule has 11 heteroatoms. The number of hydrogen-bond donors (Lipinski definition) is 3. The van der Waals surface area contributed by atoms with Crippen LogP contribution in [0.1, 0.15) is 18.7 Å². The van der Waals surface area contributed by atoms with Gasteiger partial charge in [-0.1, -0.05) is 30.0 Å². The predicted molar refractivity (Wildman–Crippen MR) is 119 cm³/mol. The number of nitro groups is 1. The number of phenols is 1. The third-order valence-corrected chi connectivity index (χ3v) is 5.67. The Bertz CT molecular complexity index is 1280. The molecule has 0 saturated carbocycles. The summed E-state index contributed by atoms with van der Waals surface area (Å²) >= 11 is 1.30. The van der Waals surface area contributed by atoms with Crippen molar-refractivity contribution >= 4 is 23.1 Å². The first-order valence-corrected chi connectivity index (χ1v) is 10.7. The average Bonchev–Trinajstić information content (AvgIpc) is 2.78. The number of ether oxygens (including phenoxy) is 1. The molecule has 1 aliphatic rings. The van der Waals surface area contributed by atoms with Crippen molar-refractivity contribution in [3.63, 3.8) is 0 Å². The van der Waals surface area contributed by atoms with Crippen LogP contribution in [-0.2, 0) is 0 Å². The number of phenolic OH excluding ortho intramolecular Hbond substituents is 1. The molecule has 32 heavy (non-hydrogen) atoms. The zero-order valence-electron chi connectivity index (χ0n) is 17.1. The van der Waals surface area contributed by atoms with E-state index in [-0.39, 0.29) is 17.9 Å². The molecule has 1 aliphatic heterocycles. The number of nitrogens with zero attached hydrogens (tertiary/aromatic N) is 3. The van der Waals surface area contributed by atoms with Crippen molar-refractivity contribution < 1.29 is 19.4 Å². The number of aromatic amines is 1.